The zero-order chi connectivity index (χ0) is 13.7. The van der Waals surface area contributed by atoms with Crippen molar-refractivity contribution < 1.29 is 19.0 Å². The largest absolute Gasteiger partial charge is 0.490 e. The molecule has 0 aromatic heterocycles. The van der Waals surface area contributed by atoms with Crippen LogP contribution >= 0.6 is 0 Å². The Kier molecular flexibility index (Phi) is 4.66. The number of cyclic esters (lactones) is 1. The van der Waals surface area contributed by atoms with Crippen LogP contribution in [0.2, 0.25) is 0 Å². The lowest BCUT2D eigenvalue weighted by Gasteiger charge is -2.13. The van der Waals surface area contributed by atoms with E-state index < -0.39 is 0 Å². The van der Waals surface area contributed by atoms with E-state index in [2.05, 4.69) is 0 Å². The molecular weight excluding hydrogens is 244 g/mol. The number of hydrogen-bond acceptors (Lipinski definition) is 4. The minimum atomic E-state index is -0.0963. The number of ether oxygens (including phenoxy) is 3. The molecule has 4 nitrogen and oxygen atoms in total. The van der Waals surface area contributed by atoms with E-state index in [9.17, 15) is 4.79 Å². The van der Waals surface area contributed by atoms with Gasteiger partial charge in [0.1, 0.15) is 0 Å². The number of esters is 1. The van der Waals surface area contributed by atoms with Crippen LogP contribution in [-0.4, -0.2) is 25.8 Å². The molecule has 1 saturated heterocycles. The number of rotatable bonds is 6. The molecule has 2 rings (SSSR count). The van der Waals surface area contributed by atoms with Crippen LogP contribution in [0.3, 0.4) is 0 Å². The van der Waals surface area contributed by atoms with Crippen LogP contribution in [0.25, 0.3) is 0 Å². The average Bonchev–Trinajstić information content (AvgIpc) is 2.79. The van der Waals surface area contributed by atoms with Crippen molar-refractivity contribution in [3.05, 3.63) is 23.8 Å². The van der Waals surface area contributed by atoms with Crippen LogP contribution in [0.1, 0.15) is 25.8 Å². The van der Waals surface area contributed by atoms with E-state index in [-0.39, 0.29) is 11.9 Å². The Labute approximate surface area is 113 Å². The van der Waals surface area contributed by atoms with Crippen molar-refractivity contribution in [3.63, 3.8) is 0 Å². The molecule has 0 saturated carbocycles. The lowest BCUT2D eigenvalue weighted by atomic mass is 9.98. The molecule has 1 aliphatic rings. The Morgan fingerprint density at radius 3 is 2.58 bits per heavy atom. The minimum Gasteiger partial charge on any atom is -0.490 e. The maximum absolute atomic E-state index is 11.1. The van der Waals surface area contributed by atoms with Gasteiger partial charge in [-0.3, -0.25) is 4.79 Å². The summed E-state index contributed by atoms with van der Waals surface area (Å²) in [5.74, 6) is 1.72. The van der Waals surface area contributed by atoms with Crippen molar-refractivity contribution in [1.29, 1.82) is 0 Å². The normalized spacial score (nSPS) is 18.2. The minimum absolute atomic E-state index is 0.0963. The number of benzene rings is 1. The molecule has 0 bridgehead atoms. The molecule has 0 amide bonds. The summed E-state index contributed by atoms with van der Waals surface area (Å²) in [7, 11) is 0. The summed E-state index contributed by atoms with van der Waals surface area (Å²) < 4.78 is 16.1. The van der Waals surface area contributed by atoms with Crippen LogP contribution < -0.4 is 9.47 Å². The van der Waals surface area contributed by atoms with Crippen LogP contribution in [0, 0.1) is 5.92 Å². The van der Waals surface area contributed by atoms with Crippen molar-refractivity contribution in [2.75, 3.05) is 19.8 Å². The molecule has 0 unspecified atom stereocenters. The topological polar surface area (TPSA) is 44.8 Å². The van der Waals surface area contributed by atoms with E-state index in [0.29, 0.717) is 26.2 Å². The quantitative estimate of drug-likeness (QED) is 0.741. The molecule has 1 aromatic rings. The average molecular weight is 264 g/mol. The fraction of sp³-hybridized carbons (Fsp3) is 0.533. The van der Waals surface area contributed by atoms with Crippen LogP contribution in [0.15, 0.2) is 18.2 Å². The molecule has 0 spiro atoms. The van der Waals surface area contributed by atoms with Crippen molar-refractivity contribution in [2.24, 2.45) is 5.92 Å². The third-order valence-electron chi connectivity index (χ3n) is 3.07. The lowest BCUT2D eigenvalue weighted by molar-refractivity contribution is -0.137. The van der Waals surface area contributed by atoms with Gasteiger partial charge < -0.3 is 14.2 Å². The molecule has 0 aliphatic carbocycles. The van der Waals surface area contributed by atoms with Gasteiger partial charge in [0.15, 0.2) is 11.5 Å². The highest BCUT2D eigenvalue weighted by Gasteiger charge is 2.24. The Balaban J connectivity index is 2.08. The number of carbonyl (C=O) groups is 1. The molecule has 1 aromatic carbocycles. The highest BCUT2D eigenvalue weighted by molar-refractivity contribution is 5.71. The third-order valence-corrected chi connectivity index (χ3v) is 3.07. The predicted molar refractivity (Wildman–Crippen MR) is 71.6 cm³/mol. The van der Waals surface area contributed by atoms with Crippen molar-refractivity contribution in [2.45, 2.75) is 26.7 Å². The highest BCUT2D eigenvalue weighted by atomic mass is 16.5. The standard InChI is InChI=1S/C15H20O4/c1-3-17-13-6-5-11(8-14(13)18-4-2)7-12-9-15(16)19-10-12/h5-6,8,12H,3-4,7,9-10H2,1-2H3/t12-/m1/s1. The number of hydrogen-bond donors (Lipinski definition) is 0. The van der Waals surface area contributed by atoms with Gasteiger partial charge in [-0.25, -0.2) is 0 Å². The lowest BCUT2D eigenvalue weighted by Crippen LogP contribution is -2.05. The molecule has 1 atom stereocenters. The molecule has 1 aliphatic heterocycles. The van der Waals surface area contributed by atoms with Gasteiger partial charge in [0, 0.05) is 5.92 Å². The monoisotopic (exact) mass is 264 g/mol. The van der Waals surface area contributed by atoms with Gasteiger partial charge in [-0.2, -0.15) is 0 Å². The number of carbonyl (C=O) groups excluding carboxylic acids is 1. The molecular formula is C15H20O4. The van der Waals surface area contributed by atoms with E-state index in [1.807, 2.05) is 32.0 Å². The van der Waals surface area contributed by atoms with Gasteiger partial charge in [-0.15, -0.1) is 0 Å². The fourth-order valence-corrected chi connectivity index (χ4v) is 2.25. The third kappa shape index (κ3) is 3.63. The molecule has 19 heavy (non-hydrogen) atoms. The summed E-state index contributed by atoms with van der Waals surface area (Å²) in [6, 6.07) is 5.95. The van der Waals surface area contributed by atoms with Crippen molar-refractivity contribution in [1.82, 2.24) is 0 Å². The Hall–Kier alpha value is -1.71. The molecule has 104 valence electrons. The van der Waals surface area contributed by atoms with Gasteiger partial charge >= 0.3 is 5.97 Å². The summed E-state index contributed by atoms with van der Waals surface area (Å²) in [6.45, 7) is 5.64. The second-order valence-corrected chi connectivity index (χ2v) is 4.60. The summed E-state index contributed by atoms with van der Waals surface area (Å²) in [4.78, 5) is 11.1. The summed E-state index contributed by atoms with van der Waals surface area (Å²) >= 11 is 0. The molecule has 1 fully saturated rings. The SMILES string of the molecule is CCOc1ccc(C[C@H]2COC(=O)C2)cc1OCC. The van der Waals surface area contributed by atoms with Crippen molar-refractivity contribution >= 4 is 5.97 Å². The first-order valence-corrected chi connectivity index (χ1v) is 6.77. The maximum atomic E-state index is 11.1. The van der Waals surface area contributed by atoms with E-state index in [4.69, 9.17) is 14.2 Å². The highest BCUT2D eigenvalue weighted by Crippen LogP contribution is 2.30. The van der Waals surface area contributed by atoms with E-state index >= 15 is 0 Å². The summed E-state index contributed by atoms with van der Waals surface area (Å²) in [5, 5.41) is 0. The van der Waals surface area contributed by atoms with Gasteiger partial charge in [-0.05, 0) is 38.0 Å². The first-order chi connectivity index (χ1) is 9.22. The summed E-state index contributed by atoms with van der Waals surface area (Å²) in [6.07, 6.45) is 1.34. The Morgan fingerprint density at radius 1 is 1.21 bits per heavy atom. The second-order valence-electron chi connectivity index (χ2n) is 4.60. The van der Waals surface area contributed by atoms with Crippen LogP contribution in [0.5, 0.6) is 11.5 Å². The predicted octanol–water partition coefficient (Wildman–Crippen LogP) is 2.59. The molecule has 4 heteroatoms. The smallest absolute Gasteiger partial charge is 0.306 e. The van der Waals surface area contributed by atoms with E-state index in [1.54, 1.807) is 0 Å². The van der Waals surface area contributed by atoms with Gasteiger partial charge in [-0.1, -0.05) is 6.07 Å². The fourth-order valence-electron chi connectivity index (χ4n) is 2.25. The molecule has 0 N–H and O–H groups in total. The van der Waals surface area contributed by atoms with E-state index in [0.717, 1.165) is 23.5 Å². The zero-order valence-electron chi connectivity index (χ0n) is 11.5. The van der Waals surface area contributed by atoms with Crippen LogP contribution in [-0.2, 0) is 16.0 Å². The Morgan fingerprint density at radius 2 is 1.95 bits per heavy atom. The second kappa shape index (κ2) is 6.45. The zero-order valence-corrected chi connectivity index (χ0v) is 11.5. The van der Waals surface area contributed by atoms with Gasteiger partial charge in [0.2, 0.25) is 0 Å². The molecule has 1 heterocycles. The first-order valence-electron chi connectivity index (χ1n) is 6.77. The summed E-state index contributed by atoms with van der Waals surface area (Å²) in [5.41, 5.74) is 1.15. The molecule has 0 radical (unpaired) electrons. The Bertz CT molecular complexity index is 442. The van der Waals surface area contributed by atoms with Gasteiger partial charge in [0.05, 0.1) is 26.2 Å². The first kappa shape index (κ1) is 13.7. The van der Waals surface area contributed by atoms with E-state index in [1.165, 1.54) is 0 Å². The van der Waals surface area contributed by atoms with Crippen molar-refractivity contribution in [3.8, 4) is 11.5 Å². The van der Waals surface area contributed by atoms with Gasteiger partial charge in [0.25, 0.3) is 0 Å². The van der Waals surface area contributed by atoms with Crippen LogP contribution in [0.4, 0.5) is 0 Å². The maximum Gasteiger partial charge on any atom is 0.306 e.